The van der Waals surface area contributed by atoms with Gasteiger partial charge in [0, 0.05) is 18.3 Å². The number of alkyl halides is 3. The largest absolute Gasteiger partial charge is 0.454 e. The second kappa shape index (κ2) is 5.13. The molecule has 3 heterocycles. The van der Waals surface area contributed by atoms with Gasteiger partial charge in [-0.25, -0.2) is 4.98 Å². The van der Waals surface area contributed by atoms with Crippen LogP contribution < -0.4 is 15.2 Å². The molecule has 1 aliphatic heterocycles. The maximum Gasteiger partial charge on any atom is 0.417 e. The Morgan fingerprint density at radius 3 is 2.67 bits per heavy atom. The van der Waals surface area contributed by atoms with Crippen molar-refractivity contribution in [3.63, 3.8) is 0 Å². The van der Waals surface area contributed by atoms with Crippen molar-refractivity contribution in [3.05, 3.63) is 47.8 Å². The highest BCUT2D eigenvalue weighted by molar-refractivity contribution is 5.70. The summed E-state index contributed by atoms with van der Waals surface area (Å²) in [6, 6.07) is 7.60. The molecule has 124 valence electrons. The highest BCUT2D eigenvalue weighted by atomic mass is 19.4. The van der Waals surface area contributed by atoms with Crippen molar-refractivity contribution in [2.24, 2.45) is 5.73 Å². The molecule has 0 bridgehead atoms. The van der Waals surface area contributed by atoms with Crippen LogP contribution in [0.4, 0.5) is 13.2 Å². The molecule has 3 aromatic rings. The van der Waals surface area contributed by atoms with Gasteiger partial charge in [0.1, 0.15) is 5.65 Å². The van der Waals surface area contributed by atoms with E-state index in [-0.39, 0.29) is 13.3 Å². The molecule has 0 atom stereocenters. The molecule has 8 heteroatoms. The minimum Gasteiger partial charge on any atom is -0.454 e. The van der Waals surface area contributed by atoms with E-state index < -0.39 is 11.7 Å². The molecule has 0 saturated carbocycles. The van der Waals surface area contributed by atoms with Gasteiger partial charge in [-0.3, -0.25) is 0 Å². The van der Waals surface area contributed by atoms with Gasteiger partial charge in [-0.2, -0.15) is 13.2 Å². The Morgan fingerprint density at radius 2 is 1.92 bits per heavy atom. The molecule has 0 radical (unpaired) electrons. The van der Waals surface area contributed by atoms with Crippen LogP contribution in [-0.2, 0) is 12.7 Å². The molecule has 0 saturated heterocycles. The highest BCUT2D eigenvalue weighted by Gasteiger charge is 2.31. The maximum atomic E-state index is 12.9. The predicted molar refractivity (Wildman–Crippen MR) is 79.6 cm³/mol. The van der Waals surface area contributed by atoms with E-state index in [0.717, 1.165) is 12.3 Å². The van der Waals surface area contributed by atoms with Crippen LogP contribution in [0.5, 0.6) is 11.5 Å². The molecule has 0 spiro atoms. The molecular formula is C16H12F3N3O2. The standard InChI is InChI=1S/C16H12F3N3O2/c17-16(18,19)10-2-4-14-21-15(11(6-20)22(14)7-10)9-1-3-12-13(5-9)24-8-23-12/h1-5,7H,6,8,20H2. The highest BCUT2D eigenvalue weighted by Crippen LogP contribution is 2.37. The molecule has 2 N–H and O–H groups in total. The third-order valence-corrected chi connectivity index (χ3v) is 3.88. The fourth-order valence-corrected chi connectivity index (χ4v) is 2.73. The summed E-state index contributed by atoms with van der Waals surface area (Å²) in [6.07, 6.45) is -3.41. The second-order valence-corrected chi connectivity index (χ2v) is 5.32. The Kier molecular flexibility index (Phi) is 3.17. The molecule has 5 nitrogen and oxygen atoms in total. The molecular weight excluding hydrogens is 323 g/mol. The lowest BCUT2D eigenvalue weighted by Gasteiger charge is -2.08. The fourth-order valence-electron chi connectivity index (χ4n) is 2.73. The van der Waals surface area contributed by atoms with Gasteiger partial charge in [0.2, 0.25) is 6.79 Å². The van der Waals surface area contributed by atoms with Gasteiger partial charge in [0.25, 0.3) is 0 Å². The number of rotatable bonds is 2. The van der Waals surface area contributed by atoms with Gasteiger partial charge in [-0.1, -0.05) is 0 Å². The van der Waals surface area contributed by atoms with Gasteiger partial charge in [-0.05, 0) is 30.3 Å². The maximum absolute atomic E-state index is 12.9. The molecule has 1 aromatic carbocycles. The minimum atomic E-state index is -4.43. The number of halogens is 3. The van der Waals surface area contributed by atoms with E-state index in [4.69, 9.17) is 15.2 Å². The average molecular weight is 335 g/mol. The summed E-state index contributed by atoms with van der Waals surface area (Å²) in [6.45, 7) is 0.189. The monoisotopic (exact) mass is 335 g/mol. The normalized spacial score (nSPS) is 13.7. The quantitative estimate of drug-likeness (QED) is 0.781. The smallest absolute Gasteiger partial charge is 0.417 e. The fraction of sp³-hybridized carbons (Fsp3) is 0.188. The van der Waals surface area contributed by atoms with E-state index in [9.17, 15) is 13.2 Å². The van der Waals surface area contributed by atoms with Crippen LogP contribution in [0.1, 0.15) is 11.3 Å². The van der Waals surface area contributed by atoms with Crippen molar-refractivity contribution < 1.29 is 22.6 Å². The van der Waals surface area contributed by atoms with E-state index in [1.165, 1.54) is 10.5 Å². The third kappa shape index (κ3) is 2.26. The van der Waals surface area contributed by atoms with Gasteiger partial charge < -0.3 is 19.6 Å². The molecule has 1 aliphatic rings. The van der Waals surface area contributed by atoms with Gasteiger partial charge in [0.15, 0.2) is 11.5 Å². The van der Waals surface area contributed by atoms with Crippen molar-refractivity contribution in [2.45, 2.75) is 12.7 Å². The van der Waals surface area contributed by atoms with Crippen LogP contribution >= 0.6 is 0 Å². The number of hydrogen-bond acceptors (Lipinski definition) is 4. The molecule has 24 heavy (non-hydrogen) atoms. The number of benzene rings is 1. The first kappa shape index (κ1) is 14.8. The van der Waals surface area contributed by atoms with E-state index in [1.807, 2.05) is 0 Å². The average Bonchev–Trinajstić information content (AvgIpc) is 3.16. The van der Waals surface area contributed by atoms with Gasteiger partial charge in [0.05, 0.1) is 17.0 Å². The van der Waals surface area contributed by atoms with Crippen molar-refractivity contribution >= 4 is 5.65 Å². The molecule has 2 aromatic heterocycles. The number of aromatic nitrogens is 2. The molecule has 4 rings (SSSR count). The van der Waals surface area contributed by atoms with Crippen LogP contribution in [-0.4, -0.2) is 16.2 Å². The first-order chi connectivity index (χ1) is 11.5. The number of fused-ring (bicyclic) bond motifs is 2. The molecule has 0 amide bonds. The number of nitrogens with two attached hydrogens (primary N) is 1. The third-order valence-electron chi connectivity index (χ3n) is 3.88. The number of imidazole rings is 1. The van der Waals surface area contributed by atoms with Crippen LogP contribution in [0.3, 0.4) is 0 Å². The van der Waals surface area contributed by atoms with Crippen molar-refractivity contribution in [2.75, 3.05) is 6.79 Å². The zero-order chi connectivity index (χ0) is 16.9. The summed E-state index contributed by atoms with van der Waals surface area (Å²) in [5, 5.41) is 0. The van der Waals surface area contributed by atoms with Crippen molar-refractivity contribution in [1.82, 2.24) is 9.38 Å². The number of hydrogen-bond donors (Lipinski definition) is 1. The summed E-state index contributed by atoms with van der Waals surface area (Å²) in [5.41, 5.74) is 7.15. The Balaban J connectivity index is 1.89. The Hall–Kier alpha value is -2.74. The topological polar surface area (TPSA) is 61.8 Å². The molecule has 0 unspecified atom stereocenters. The van der Waals surface area contributed by atoms with Gasteiger partial charge in [-0.15, -0.1) is 0 Å². The van der Waals surface area contributed by atoms with Crippen molar-refractivity contribution in [3.8, 4) is 22.8 Å². The van der Waals surface area contributed by atoms with Crippen LogP contribution in [0.15, 0.2) is 36.5 Å². The van der Waals surface area contributed by atoms with Crippen LogP contribution in [0.2, 0.25) is 0 Å². The van der Waals surface area contributed by atoms with Gasteiger partial charge >= 0.3 is 6.18 Å². The summed E-state index contributed by atoms with van der Waals surface area (Å²) in [7, 11) is 0. The second-order valence-electron chi connectivity index (χ2n) is 5.32. The zero-order valence-corrected chi connectivity index (χ0v) is 12.3. The van der Waals surface area contributed by atoms with E-state index in [1.54, 1.807) is 18.2 Å². The lowest BCUT2D eigenvalue weighted by Crippen LogP contribution is -2.08. The Bertz CT molecular complexity index is 934. The van der Waals surface area contributed by atoms with E-state index in [2.05, 4.69) is 4.98 Å². The summed E-state index contributed by atoms with van der Waals surface area (Å²) in [4.78, 5) is 4.42. The minimum absolute atomic E-state index is 0.0479. The number of nitrogens with zero attached hydrogens (tertiary/aromatic N) is 2. The van der Waals surface area contributed by atoms with Crippen LogP contribution in [0, 0.1) is 0 Å². The molecule has 0 fully saturated rings. The lowest BCUT2D eigenvalue weighted by molar-refractivity contribution is -0.137. The first-order valence-corrected chi connectivity index (χ1v) is 7.15. The summed E-state index contributed by atoms with van der Waals surface area (Å²) >= 11 is 0. The van der Waals surface area contributed by atoms with Crippen LogP contribution in [0.25, 0.3) is 16.9 Å². The number of ether oxygens (including phenoxy) is 2. The Labute approximate surface area is 134 Å². The summed E-state index contributed by atoms with van der Waals surface area (Å²) < 4.78 is 50.8. The predicted octanol–water partition coefficient (Wildman–Crippen LogP) is 3.21. The first-order valence-electron chi connectivity index (χ1n) is 7.15. The summed E-state index contributed by atoms with van der Waals surface area (Å²) in [5.74, 6) is 1.19. The van der Waals surface area contributed by atoms with E-state index in [0.29, 0.717) is 34.1 Å². The SMILES string of the molecule is NCc1c(-c2ccc3c(c2)OCO3)nc2ccc(C(F)(F)F)cn12. The zero-order valence-electron chi connectivity index (χ0n) is 12.3. The van der Waals surface area contributed by atoms with E-state index >= 15 is 0 Å². The lowest BCUT2D eigenvalue weighted by atomic mass is 10.1. The Morgan fingerprint density at radius 1 is 1.12 bits per heavy atom. The van der Waals surface area contributed by atoms with Crippen molar-refractivity contribution in [1.29, 1.82) is 0 Å². The molecule has 0 aliphatic carbocycles. The number of pyridine rings is 1.